The van der Waals surface area contributed by atoms with Crippen LogP contribution in [0.4, 0.5) is 30.5 Å². The summed E-state index contributed by atoms with van der Waals surface area (Å²) in [5.74, 6) is 0.0220. The lowest BCUT2D eigenvalue weighted by Gasteiger charge is -2.19. The number of nitrogens with zero attached hydrogens (tertiary/aromatic N) is 4. The van der Waals surface area contributed by atoms with Gasteiger partial charge in [-0.1, -0.05) is 6.07 Å². The minimum absolute atomic E-state index is 0.129. The number of anilines is 3. The Morgan fingerprint density at radius 1 is 1.30 bits per heavy atom. The van der Waals surface area contributed by atoms with Crippen molar-refractivity contribution in [2.75, 3.05) is 23.7 Å². The smallest absolute Gasteiger partial charge is 0.380 e. The summed E-state index contributed by atoms with van der Waals surface area (Å²) in [5, 5.41) is 5.99. The maximum absolute atomic E-state index is 12.9. The van der Waals surface area contributed by atoms with Crippen LogP contribution in [0.25, 0.3) is 0 Å². The number of hydrogen-bond donors (Lipinski definition) is 2. The van der Waals surface area contributed by atoms with E-state index in [0.29, 0.717) is 35.0 Å². The number of nitrogens with one attached hydrogen (secondary N) is 2. The summed E-state index contributed by atoms with van der Waals surface area (Å²) in [6.07, 6.45) is -2.88. The number of aryl methyl sites for hydroxylation is 1. The molecule has 4 rings (SSSR count). The van der Waals surface area contributed by atoms with Crippen molar-refractivity contribution in [1.29, 1.82) is 0 Å². The molecule has 3 aromatic rings. The normalized spacial score (nSPS) is 13.9. The van der Waals surface area contributed by atoms with Crippen LogP contribution in [0.5, 0.6) is 0 Å². The largest absolute Gasteiger partial charge is 0.416 e. The molecule has 2 aromatic heterocycles. The van der Waals surface area contributed by atoms with Gasteiger partial charge in [-0.25, -0.2) is 15.0 Å². The lowest BCUT2D eigenvalue weighted by atomic mass is 10.2. The highest BCUT2D eigenvalue weighted by Gasteiger charge is 2.30. The number of carbonyl (C=O) groups excluding carboxylic acids is 1. The summed E-state index contributed by atoms with van der Waals surface area (Å²) in [4.78, 5) is 27.8. The Kier molecular flexibility index (Phi) is 5.29. The van der Waals surface area contributed by atoms with Crippen molar-refractivity contribution in [3.05, 3.63) is 57.8 Å². The van der Waals surface area contributed by atoms with Crippen molar-refractivity contribution < 1.29 is 18.0 Å². The second-order valence-electron chi connectivity index (χ2n) is 6.68. The molecule has 7 nitrogen and oxygen atoms in total. The molecule has 0 unspecified atom stereocenters. The van der Waals surface area contributed by atoms with Gasteiger partial charge < -0.3 is 15.5 Å². The van der Waals surface area contributed by atoms with Gasteiger partial charge in [0, 0.05) is 18.8 Å². The molecule has 3 heterocycles. The first kappa shape index (κ1) is 20.1. The van der Waals surface area contributed by atoms with Crippen LogP contribution in [-0.4, -0.2) is 38.8 Å². The van der Waals surface area contributed by atoms with E-state index in [0.717, 1.165) is 12.1 Å². The Bertz CT molecular complexity index is 1080. The molecule has 0 atom stereocenters. The molecule has 1 aromatic carbocycles. The molecule has 0 fully saturated rings. The summed E-state index contributed by atoms with van der Waals surface area (Å²) in [6, 6.07) is 4.81. The van der Waals surface area contributed by atoms with Gasteiger partial charge in [-0.05, 0) is 25.1 Å². The molecule has 30 heavy (non-hydrogen) atoms. The van der Waals surface area contributed by atoms with E-state index >= 15 is 0 Å². The molecule has 0 aliphatic carbocycles. The second kappa shape index (κ2) is 7.90. The Hall–Kier alpha value is -3.21. The minimum Gasteiger partial charge on any atom is -0.380 e. The zero-order valence-corrected chi connectivity index (χ0v) is 16.6. The van der Waals surface area contributed by atoms with E-state index in [9.17, 15) is 18.0 Å². The summed E-state index contributed by atoms with van der Waals surface area (Å²) < 4.78 is 38.8. The Morgan fingerprint density at radius 3 is 2.87 bits per heavy atom. The first-order valence-corrected chi connectivity index (χ1v) is 9.92. The maximum atomic E-state index is 12.9. The zero-order valence-electron chi connectivity index (χ0n) is 15.8. The first-order chi connectivity index (χ1) is 14.3. The Labute approximate surface area is 174 Å². The van der Waals surface area contributed by atoms with Crippen molar-refractivity contribution in [3.63, 3.8) is 0 Å². The van der Waals surface area contributed by atoms with Gasteiger partial charge in [-0.3, -0.25) is 4.79 Å². The van der Waals surface area contributed by atoms with Crippen molar-refractivity contribution >= 4 is 34.6 Å². The molecule has 1 aliphatic rings. The van der Waals surface area contributed by atoms with Crippen LogP contribution in [-0.2, 0) is 12.7 Å². The number of amides is 1. The fraction of sp³-hybridized carbons (Fsp3) is 0.263. The highest BCUT2D eigenvalue weighted by atomic mass is 32.1. The highest BCUT2D eigenvalue weighted by molar-refractivity contribution is 7.11. The average molecular weight is 434 g/mol. The molecule has 1 aliphatic heterocycles. The van der Waals surface area contributed by atoms with E-state index in [1.54, 1.807) is 23.5 Å². The van der Waals surface area contributed by atoms with E-state index in [1.165, 1.54) is 23.5 Å². The molecule has 0 saturated heterocycles. The standard InChI is InChI=1S/C19H17F3N6OS/c1-11-16(30-10-25-11)17(29)28-6-5-23-14-8-24-18(27-15(14)9-28)26-13-4-2-3-12(7-13)19(20,21)22/h2-4,7-8,10,23H,5-6,9H2,1H3,(H,24,26,27). The number of carbonyl (C=O) groups is 1. The van der Waals surface area contributed by atoms with Gasteiger partial charge in [-0.2, -0.15) is 13.2 Å². The van der Waals surface area contributed by atoms with Crippen LogP contribution in [0.3, 0.4) is 0 Å². The van der Waals surface area contributed by atoms with E-state index in [1.807, 2.05) is 0 Å². The third-order valence-electron chi connectivity index (χ3n) is 4.58. The number of thiazole rings is 1. The number of fused-ring (bicyclic) bond motifs is 1. The van der Waals surface area contributed by atoms with Crippen LogP contribution in [0.2, 0.25) is 0 Å². The summed E-state index contributed by atoms with van der Waals surface area (Å²) in [7, 11) is 0. The van der Waals surface area contributed by atoms with Crippen LogP contribution >= 0.6 is 11.3 Å². The van der Waals surface area contributed by atoms with Gasteiger partial charge in [0.2, 0.25) is 5.95 Å². The maximum Gasteiger partial charge on any atom is 0.416 e. The molecule has 1 amide bonds. The molecule has 0 saturated carbocycles. The third kappa shape index (κ3) is 4.20. The molecule has 2 N–H and O–H groups in total. The molecular weight excluding hydrogens is 417 g/mol. The number of alkyl halides is 3. The van der Waals surface area contributed by atoms with Crippen molar-refractivity contribution in [3.8, 4) is 0 Å². The van der Waals surface area contributed by atoms with Crippen LogP contribution < -0.4 is 10.6 Å². The van der Waals surface area contributed by atoms with Gasteiger partial charge in [0.05, 0.1) is 40.9 Å². The molecular formula is C19H17F3N6OS. The number of hydrogen-bond acceptors (Lipinski definition) is 7. The van der Waals surface area contributed by atoms with Gasteiger partial charge >= 0.3 is 6.18 Å². The van der Waals surface area contributed by atoms with E-state index in [4.69, 9.17) is 0 Å². The predicted octanol–water partition coefficient (Wildman–Crippen LogP) is 4.07. The fourth-order valence-electron chi connectivity index (χ4n) is 3.06. The summed E-state index contributed by atoms with van der Waals surface area (Å²) in [6.45, 7) is 3.04. The highest BCUT2D eigenvalue weighted by Crippen LogP contribution is 2.31. The van der Waals surface area contributed by atoms with Crippen LogP contribution in [0.15, 0.2) is 36.0 Å². The topological polar surface area (TPSA) is 83.0 Å². The van der Waals surface area contributed by atoms with E-state index in [2.05, 4.69) is 25.6 Å². The van der Waals surface area contributed by atoms with E-state index < -0.39 is 11.7 Å². The van der Waals surface area contributed by atoms with Crippen molar-refractivity contribution in [2.45, 2.75) is 19.6 Å². The fourth-order valence-corrected chi connectivity index (χ4v) is 3.83. The van der Waals surface area contributed by atoms with Gasteiger partial charge in [0.25, 0.3) is 5.91 Å². The molecule has 0 bridgehead atoms. The lowest BCUT2D eigenvalue weighted by molar-refractivity contribution is -0.137. The van der Waals surface area contributed by atoms with Crippen molar-refractivity contribution in [1.82, 2.24) is 19.9 Å². The quantitative estimate of drug-likeness (QED) is 0.647. The van der Waals surface area contributed by atoms with Gasteiger partial charge in [0.1, 0.15) is 4.88 Å². The number of aromatic nitrogens is 3. The third-order valence-corrected chi connectivity index (χ3v) is 5.50. The predicted molar refractivity (Wildman–Crippen MR) is 107 cm³/mol. The van der Waals surface area contributed by atoms with Crippen LogP contribution in [0.1, 0.15) is 26.6 Å². The Morgan fingerprint density at radius 2 is 2.13 bits per heavy atom. The lowest BCUT2D eigenvalue weighted by Crippen LogP contribution is -2.32. The monoisotopic (exact) mass is 434 g/mol. The molecule has 0 radical (unpaired) electrons. The molecule has 11 heteroatoms. The number of benzene rings is 1. The number of rotatable bonds is 3. The SMILES string of the molecule is Cc1ncsc1C(=O)N1CCNc2cnc(Nc3cccc(C(F)(F)F)c3)nc2C1. The van der Waals surface area contributed by atoms with E-state index in [-0.39, 0.29) is 24.1 Å². The minimum atomic E-state index is -4.44. The summed E-state index contributed by atoms with van der Waals surface area (Å²) in [5.41, 5.74) is 3.02. The second-order valence-corrected chi connectivity index (χ2v) is 7.53. The Balaban J connectivity index is 1.57. The van der Waals surface area contributed by atoms with Crippen LogP contribution in [0, 0.1) is 6.92 Å². The van der Waals surface area contributed by atoms with Gasteiger partial charge in [0.15, 0.2) is 0 Å². The van der Waals surface area contributed by atoms with Gasteiger partial charge in [-0.15, -0.1) is 11.3 Å². The first-order valence-electron chi connectivity index (χ1n) is 9.04. The average Bonchev–Trinajstić information content (AvgIpc) is 3.02. The molecule has 156 valence electrons. The number of halogens is 3. The van der Waals surface area contributed by atoms with Crippen molar-refractivity contribution in [2.24, 2.45) is 0 Å². The summed E-state index contributed by atoms with van der Waals surface area (Å²) >= 11 is 1.29. The zero-order chi connectivity index (χ0) is 21.3. The molecule has 0 spiro atoms.